The lowest BCUT2D eigenvalue weighted by atomic mass is 10.1. The lowest BCUT2D eigenvalue weighted by Gasteiger charge is -2.23. The van der Waals surface area contributed by atoms with Crippen molar-refractivity contribution >= 4 is 33.4 Å². The molecule has 0 heterocycles. The summed E-state index contributed by atoms with van der Waals surface area (Å²) in [6.07, 6.45) is -4.49. The van der Waals surface area contributed by atoms with Gasteiger partial charge in [-0.2, -0.15) is 13.2 Å². The van der Waals surface area contributed by atoms with Gasteiger partial charge in [0, 0.05) is 16.9 Å². The molecule has 1 amide bonds. The molecule has 19 heavy (non-hydrogen) atoms. The zero-order chi connectivity index (χ0) is 14.5. The summed E-state index contributed by atoms with van der Waals surface area (Å²) in [7, 11) is 0. The molecule has 0 aliphatic carbocycles. The van der Waals surface area contributed by atoms with Crippen molar-refractivity contribution in [3.63, 3.8) is 0 Å². The van der Waals surface area contributed by atoms with Gasteiger partial charge in [-0.1, -0.05) is 28.1 Å². The zero-order valence-corrected chi connectivity index (χ0v) is 12.2. The van der Waals surface area contributed by atoms with Gasteiger partial charge in [-0.3, -0.25) is 4.79 Å². The molecule has 0 unspecified atom stereocenters. The van der Waals surface area contributed by atoms with Gasteiger partial charge in [-0.25, -0.2) is 0 Å². The number of nitrogens with zero attached hydrogens (tertiary/aromatic N) is 1. The van der Waals surface area contributed by atoms with Crippen LogP contribution in [0, 0.1) is 0 Å². The van der Waals surface area contributed by atoms with Crippen molar-refractivity contribution in [3.05, 3.63) is 34.3 Å². The van der Waals surface area contributed by atoms with Crippen molar-refractivity contribution in [2.75, 3.05) is 19.0 Å². The number of alkyl halides is 4. The van der Waals surface area contributed by atoms with Crippen molar-refractivity contribution < 1.29 is 18.0 Å². The molecule has 0 saturated carbocycles. The molecule has 0 aliphatic heterocycles. The Hall–Kier alpha value is -0.750. The van der Waals surface area contributed by atoms with Crippen LogP contribution < -0.4 is 0 Å². The Balaban J connectivity index is 2.71. The van der Waals surface area contributed by atoms with Gasteiger partial charge in [0.15, 0.2) is 0 Å². The van der Waals surface area contributed by atoms with Crippen LogP contribution in [0.3, 0.4) is 0 Å². The third-order valence-corrected chi connectivity index (χ3v) is 2.98. The first-order valence-electron chi connectivity index (χ1n) is 5.47. The maximum absolute atomic E-state index is 12.3. The molecule has 0 aliphatic rings. The first-order chi connectivity index (χ1) is 8.81. The fourth-order valence-corrected chi connectivity index (χ4v) is 2.19. The largest absolute Gasteiger partial charge is 0.406 e. The van der Waals surface area contributed by atoms with Gasteiger partial charge < -0.3 is 4.90 Å². The second-order valence-electron chi connectivity index (χ2n) is 3.93. The number of carbonyl (C=O) groups excluding carboxylic acids is 1. The monoisotopic (exact) mass is 357 g/mol. The molecule has 0 saturated heterocycles. The Morgan fingerprint density at radius 3 is 2.58 bits per heavy atom. The van der Waals surface area contributed by atoms with Crippen molar-refractivity contribution in [1.29, 1.82) is 0 Å². The van der Waals surface area contributed by atoms with E-state index in [2.05, 4.69) is 15.9 Å². The minimum absolute atomic E-state index is 0.0275. The summed E-state index contributed by atoms with van der Waals surface area (Å²) in [4.78, 5) is 12.6. The van der Waals surface area contributed by atoms with Gasteiger partial charge in [0.2, 0.25) is 5.91 Å². The smallest absolute Gasteiger partial charge is 0.332 e. The van der Waals surface area contributed by atoms with Crippen LogP contribution in [0.4, 0.5) is 13.2 Å². The van der Waals surface area contributed by atoms with Gasteiger partial charge >= 0.3 is 6.18 Å². The van der Waals surface area contributed by atoms with Crippen LogP contribution in [0.15, 0.2) is 28.7 Å². The van der Waals surface area contributed by atoms with E-state index in [4.69, 9.17) is 11.6 Å². The number of benzene rings is 1. The minimum Gasteiger partial charge on any atom is -0.332 e. The first-order valence-corrected chi connectivity index (χ1v) is 6.79. The molecule has 1 aromatic rings. The average Bonchev–Trinajstić information content (AvgIpc) is 2.26. The summed E-state index contributed by atoms with van der Waals surface area (Å²) in [5.74, 6) is -0.614. The second-order valence-corrected chi connectivity index (χ2v) is 5.22. The van der Waals surface area contributed by atoms with E-state index < -0.39 is 18.6 Å². The SMILES string of the molecule is O=C(Cc1cccc(Br)c1)N(CCCl)CC(F)(F)F. The van der Waals surface area contributed by atoms with Gasteiger partial charge in [0.05, 0.1) is 6.42 Å². The minimum atomic E-state index is -4.42. The summed E-state index contributed by atoms with van der Waals surface area (Å²) in [6.45, 7) is -1.39. The molecule has 0 N–H and O–H groups in total. The van der Waals surface area contributed by atoms with Gasteiger partial charge in [-0.05, 0) is 17.7 Å². The molecule has 0 aromatic heterocycles. The molecule has 1 rings (SSSR count). The lowest BCUT2D eigenvalue weighted by molar-refractivity contribution is -0.160. The van der Waals surface area contributed by atoms with Crippen molar-refractivity contribution in [3.8, 4) is 0 Å². The Morgan fingerprint density at radius 1 is 1.37 bits per heavy atom. The highest BCUT2D eigenvalue weighted by Crippen LogP contribution is 2.18. The molecule has 0 atom stereocenters. The Morgan fingerprint density at radius 2 is 2.05 bits per heavy atom. The van der Waals surface area contributed by atoms with E-state index in [1.165, 1.54) is 0 Å². The Labute approximate surface area is 122 Å². The zero-order valence-electron chi connectivity index (χ0n) is 9.88. The maximum atomic E-state index is 12.3. The van der Waals surface area contributed by atoms with Crippen LogP contribution in [0.5, 0.6) is 0 Å². The predicted molar refractivity (Wildman–Crippen MR) is 71.2 cm³/mol. The molecule has 0 radical (unpaired) electrons. The molecule has 7 heteroatoms. The third kappa shape index (κ3) is 6.29. The van der Waals surface area contributed by atoms with Crippen LogP contribution >= 0.6 is 27.5 Å². The molecule has 0 spiro atoms. The van der Waals surface area contributed by atoms with Crippen LogP contribution in [-0.4, -0.2) is 36.0 Å². The topological polar surface area (TPSA) is 20.3 Å². The van der Waals surface area contributed by atoms with Crippen LogP contribution in [0.1, 0.15) is 5.56 Å². The molecule has 0 bridgehead atoms. The second kappa shape index (κ2) is 7.14. The number of halogens is 5. The summed E-state index contributed by atoms with van der Waals surface area (Å²) >= 11 is 8.67. The molecule has 2 nitrogen and oxygen atoms in total. The molecule has 106 valence electrons. The van der Waals surface area contributed by atoms with E-state index in [0.717, 1.165) is 9.37 Å². The highest BCUT2D eigenvalue weighted by Gasteiger charge is 2.32. The fourth-order valence-electron chi connectivity index (χ4n) is 1.54. The number of carbonyl (C=O) groups is 1. The normalized spacial score (nSPS) is 11.4. The van der Waals surface area contributed by atoms with Gasteiger partial charge in [0.1, 0.15) is 6.54 Å². The number of rotatable bonds is 5. The molecule has 0 fully saturated rings. The standard InChI is InChI=1S/C12H12BrClF3NO/c13-10-3-1-2-9(6-10)7-11(19)18(5-4-14)8-12(15,16)17/h1-3,6H,4-5,7-8H2. The van der Waals surface area contributed by atoms with Crippen LogP contribution in [-0.2, 0) is 11.2 Å². The van der Waals surface area contributed by atoms with Crippen molar-refractivity contribution in [2.45, 2.75) is 12.6 Å². The van der Waals surface area contributed by atoms with E-state index in [9.17, 15) is 18.0 Å². The van der Waals surface area contributed by atoms with Crippen molar-refractivity contribution in [1.82, 2.24) is 4.90 Å². The summed E-state index contributed by atoms with van der Waals surface area (Å²) < 4.78 is 37.8. The number of amides is 1. The number of hydrogen-bond acceptors (Lipinski definition) is 1. The quantitative estimate of drug-likeness (QED) is 0.736. The highest BCUT2D eigenvalue weighted by atomic mass is 79.9. The lowest BCUT2D eigenvalue weighted by Crippen LogP contribution is -2.40. The van der Waals surface area contributed by atoms with Crippen LogP contribution in [0.2, 0.25) is 0 Å². The van der Waals surface area contributed by atoms with Crippen LogP contribution in [0.25, 0.3) is 0 Å². The maximum Gasteiger partial charge on any atom is 0.406 e. The van der Waals surface area contributed by atoms with E-state index in [0.29, 0.717) is 5.56 Å². The fraction of sp³-hybridized carbons (Fsp3) is 0.417. The first kappa shape index (κ1) is 16.3. The summed E-state index contributed by atoms with van der Waals surface area (Å²) in [6, 6.07) is 6.89. The number of hydrogen-bond donors (Lipinski definition) is 0. The third-order valence-electron chi connectivity index (χ3n) is 2.32. The van der Waals surface area contributed by atoms with Crippen molar-refractivity contribution in [2.24, 2.45) is 0 Å². The van der Waals surface area contributed by atoms with E-state index in [-0.39, 0.29) is 18.8 Å². The molecule has 1 aromatic carbocycles. The Kier molecular flexibility index (Phi) is 6.13. The predicted octanol–water partition coefficient (Wildman–Crippen LogP) is 3.62. The Bertz CT molecular complexity index is 439. The van der Waals surface area contributed by atoms with E-state index >= 15 is 0 Å². The molecular formula is C12H12BrClF3NO. The van der Waals surface area contributed by atoms with Gasteiger partial charge in [0.25, 0.3) is 0 Å². The highest BCUT2D eigenvalue weighted by molar-refractivity contribution is 9.10. The van der Waals surface area contributed by atoms with Gasteiger partial charge in [-0.15, -0.1) is 11.6 Å². The van der Waals surface area contributed by atoms with E-state index in [1.807, 2.05) is 0 Å². The summed E-state index contributed by atoms with van der Waals surface area (Å²) in [5.41, 5.74) is 0.654. The molecular weight excluding hydrogens is 346 g/mol. The van der Waals surface area contributed by atoms with E-state index in [1.54, 1.807) is 24.3 Å². The average molecular weight is 359 g/mol. The summed E-state index contributed by atoms with van der Waals surface area (Å²) in [5, 5.41) is 0.